The van der Waals surface area contributed by atoms with E-state index < -0.39 is 12.1 Å². The lowest BCUT2D eigenvalue weighted by atomic mass is 10.0. The summed E-state index contributed by atoms with van der Waals surface area (Å²) in [6.07, 6.45) is -0.661. The van der Waals surface area contributed by atoms with Gasteiger partial charge < -0.3 is 20.7 Å². The number of ether oxygens (including phenoxy) is 1. The molecule has 1 rings (SSSR count). The van der Waals surface area contributed by atoms with E-state index in [1.807, 2.05) is 0 Å². The molecule has 0 saturated heterocycles. The Hall–Kier alpha value is -0.780. The molecule has 0 unspecified atom stereocenters. The van der Waals surface area contributed by atoms with Crippen LogP contribution in [0.3, 0.4) is 0 Å². The van der Waals surface area contributed by atoms with Crippen molar-refractivity contribution in [1.29, 1.82) is 0 Å². The SMILES string of the molecule is COc1cc([C@@H](N)[C@H](C)O)cc(Br)c1O. The molecular weight excluding hydrogens is 262 g/mol. The Morgan fingerprint density at radius 2 is 2.07 bits per heavy atom. The van der Waals surface area contributed by atoms with E-state index in [1.54, 1.807) is 19.1 Å². The fourth-order valence-corrected chi connectivity index (χ4v) is 1.68. The quantitative estimate of drug-likeness (QED) is 0.782. The van der Waals surface area contributed by atoms with E-state index in [-0.39, 0.29) is 5.75 Å². The van der Waals surface area contributed by atoms with Gasteiger partial charge >= 0.3 is 0 Å². The van der Waals surface area contributed by atoms with Gasteiger partial charge in [-0.2, -0.15) is 0 Å². The van der Waals surface area contributed by atoms with Gasteiger partial charge in [-0.05, 0) is 40.5 Å². The van der Waals surface area contributed by atoms with E-state index in [1.165, 1.54) is 7.11 Å². The second-order valence-corrected chi connectivity index (χ2v) is 4.17. The van der Waals surface area contributed by atoms with Crippen LogP contribution < -0.4 is 10.5 Å². The van der Waals surface area contributed by atoms with E-state index in [4.69, 9.17) is 10.5 Å². The molecule has 0 spiro atoms. The van der Waals surface area contributed by atoms with Gasteiger partial charge in [-0.25, -0.2) is 0 Å². The zero-order valence-corrected chi connectivity index (χ0v) is 10.2. The van der Waals surface area contributed by atoms with Gasteiger partial charge in [0.15, 0.2) is 11.5 Å². The number of methoxy groups -OCH3 is 1. The summed E-state index contributed by atoms with van der Waals surface area (Å²) in [6, 6.07) is 2.77. The molecule has 0 radical (unpaired) electrons. The van der Waals surface area contributed by atoms with Crippen molar-refractivity contribution in [1.82, 2.24) is 0 Å². The van der Waals surface area contributed by atoms with Crippen LogP contribution in [0.25, 0.3) is 0 Å². The highest BCUT2D eigenvalue weighted by Crippen LogP contribution is 2.36. The molecule has 5 heteroatoms. The molecule has 0 saturated carbocycles. The largest absolute Gasteiger partial charge is 0.503 e. The summed E-state index contributed by atoms with van der Waals surface area (Å²) in [6.45, 7) is 1.61. The highest BCUT2D eigenvalue weighted by molar-refractivity contribution is 9.10. The predicted molar refractivity (Wildman–Crippen MR) is 61.0 cm³/mol. The van der Waals surface area contributed by atoms with Crippen LogP contribution in [0, 0.1) is 0 Å². The maximum Gasteiger partial charge on any atom is 0.172 e. The second-order valence-electron chi connectivity index (χ2n) is 3.32. The van der Waals surface area contributed by atoms with Gasteiger partial charge in [0.2, 0.25) is 0 Å². The first kappa shape index (κ1) is 12.3. The van der Waals surface area contributed by atoms with E-state index in [9.17, 15) is 10.2 Å². The molecule has 0 aromatic heterocycles. The number of phenolic OH excluding ortho intramolecular Hbond substituents is 1. The summed E-state index contributed by atoms with van der Waals surface area (Å²) in [5, 5.41) is 18.9. The van der Waals surface area contributed by atoms with Crippen LogP contribution in [-0.2, 0) is 0 Å². The number of benzene rings is 1. The minimum absolute atomic E-state index is 0.0269. The van der Waals surface area contributed by atoms with Gasteiger partial charge in [0.25, 0.3) is 0 Å². The van der Waals surface area contributed by atoms with Gasteiger partial charge in [-0.3, -0.25) is 0 Å². The second kappa shape index (κ2) is 4.83. The van der Waals surface area contributed by atoms with Crippen LogP contribution in [0.2, 0.25) is 0 Å². The Bertz CT molecular complexity index is 355. The summed E-state index contributed by atoms with van der Waals surface area (Å²) >= 11 is 3.19. The lowest BCUT2D eigenvalue weighted by molar-refractivity contribution is 0.164. The third-order valence-corrected chi connectivity index (χ3v) is 2.78. The van der Waals surface area contributed by atoms with Crippen molar-refractivity contribution in [3.8, 4) is 11.5 Å². The number of halogens is 1. The molecule has 0 bridgehead atoms. The summed E-state index contributed by atoms with van der Waals surface area (Å²) in [7, 11) is 1.46. The molecule has 0 aliphatic rings. The van der Waals surface area contributed by atoms with Crippen LogP contribution in [0.15, 0.2) is 16.6 Å². The van der Waals surface area contributed by atoms with Crippen molar-refractivity contribution in [3.63, 3.8) is 0 Å². The molecule has 2 atom stereocenters. The molecule has 0 aliphatic heterocycles. The van der Waals surface area contributed by atoms with Crippen LogP contribution in [0.5, 0.6) is 11.5 Å². The molecule has 0 fully saturated rings. The van der Waals surface area contributed by atoms with Crippen LogP contribution in [-0.4, -0.2) is 23.4 Å². The first-order chi connectivity index (χ1) is 6.97. The average molecular weight is 276 g/mol. The lowest BCUT2D eigenvalue weighted by Crippen LogP contribution is -2.23. The van der Waals surface area contributed by atoms with Crippen molar-refractivity contribution < 1.29 is 14.9 Å². The first-order valence-electron chi connectivity index (χ1n) is 4.47. The van der Waals surface area contributed by atoms with Gasteiger partial charge in [-0.1, -0.05) is 0 Å². The van der Waals surface area contributed by atoms with Gasteiger partial charge in [-0.15, -0.1) is 0 Å². The summed E-state index contributed by atoms with van der Waals surface area (Å²) in [4.78, 5) is 0. The molecule has 1 aromatic carbocycles. The minimum Gasteiger partial charge on any atom is -0.503 e. The van der Waals surface area contributed by atoms with Crippen molar-refractivity contribution in [2.24, 2.45) is 5.73 Å². The predicted octanol–water partition coefficient (Wildman–Crippen LogP) is 1.54. The number of hydrogen-bond donors (Lipinski definition) is 3. The molecule has 15 heavy (non-hydrogen) atoms. The van der Waals surface area contributed by atoms with E-state index >= 15 is 0 Å². The average Bonchev–Trinajstić information content (AvgIpc) is 2.20. The zero-order chi connectivity index (χ0) is 11.6. The first-order valence-corrected chi connectivity index (χ1v) is 5.26. The van der Waals surface area contributed by atoms with Crippen LogP contribution in [0.4, 0.5) is 0 Å². The molecule has 4 N–H and O–H groups in total. The summed E-state index contributed by atoms with van der Waals surface area (Å²) in [5.41, 5.74) is 6.47. The number of aliphatic hydroxyl groups excluding tert-OH is 1. The highest BCUT2D eigenvalue weighted by Gasteiger charge is 2.16. The lowest BCUT2D eigenvalue weighted by Gasteiger charge is -2.17. The summed E-state index contributed by atoms with van der Waals surface area (Å²) < 4.78 is 5.47. The maximum atomic E-state index is 9.57. The number of phenols is 1. The Morgan fingerprint density at radius 1 is 1.47 bits per heavy atom. The van der Waals surface area contributed by atoms with Crippen molar-refractivity contribution in [2.45, 2.75) is 19.1 Å². The van der Waals surface area contributed by atoms with E-state index in [0.29, 0.717) is 15.8 Å². The smallest absolute Gasteiger partial charge is 0.172 e. The fraction of sp³-hybridized carbons (Fsp3) is 0.400. The van der Waals surface area contributed by atoms with Crippen LogP contribution >= 0.6 is 15.9 Å². The number of aliphatic hydroxyl groups is 1. The van der Waals surface area contributed by atoms with Gasteiger partial charge in [0.05, 0.1) is 23.7 Å². The molecule has 1 aromatic rings. The van der Waals surface area contributed by atoms with Gasteiger partial charge in [0.1, 0.15) is 0 Å². The van der Waals surface area contributed by atoms with Gasteiger partial charge in [0, 0.05) is 0 Å². The van der Waals surface area contributed by atoms with Crippen molar-refractivity contribution in [2.75, 3.05) is 7.11 Å². The Morgan fingerprint density at radius 3 is 2.53 bits per heavy atom. The number of nitrogens with two attached hydrogens (primary N) is 1. The van der Waals surface area contributed by atoms with Crippen LogP contribution in [0.1, 0.15) is 18.5 Å². The topological polar surface area (TPSA) is 75.7 Å². The summed E-state index contributed by atoms with van der Waals surface area (Å²) in [5.74, 6) is 0.356. The molecule has 0 aliphatic carbocycles. The number of hydrogen-bond acceptors (Lipinski definition) is 4. The van der Waals surface area contributed by atoms with Crippen molar-refractivity contribution in [3.05, 3.63) is 22.2 Å². The maximum absolute atomic E-state index is 9.57. The zero-order valence-electron chi connectivity index (χ0n) is 8.57. The number of aromatic hydroxyl groups is 1. The third-order valence-electron chi connectivity index (χ3n) is 2.18. The van der Waals surface area contributed by atoms with E-state index in [2.05, 4.69) is 15.9 Å². The molecule has 0 heterocycles. The minimum atomic E-state index is -0.661. The molecule has 4 nitrogen and oxygen atoms in total. The molecule has 0 amide bonds. The van der Waals surface area contributed by atoms with E-state index in [0.717, 1.165) is 0 Å². The monoisotopic (exact) mass is 275 g/mol. The third kappa shape index (κ3) is 2.62. The highest BCUT2D eigenvalue weighted by atomic mass is 79.9. The Kier molecular flexibility index (Phi) is 3.96. The standard InChI is InChI=1S/C10H14BrNO3/c1-5(13)9(12)6-3-7(11)10(14)8(4-6)15-2/h3-5,9,13-14H,12H2,1-2H3/t5-,9-/m0/s1. The Balaban J connectivity index is 3.16. The molecular formula is C10H14BrNO3. The fourth-order valence-electron chi connectivity index (χ4n) is 1.22. The number of rotatable bonds is 3. The molecule has 84 valence electrons. The normalized spacial score (nSPS) is 14.7. The van der Waals surface area contributed by atoms with Crippen molar-refractivity contribution >= 4 is 15.9 Å². The Labute approximate surface area is 96.8 Å².